The van der Waals surface area contributed by atoms with E-state index < -0.39 is 0 Å². The molecule has 1 aromatic carbocycles. The minimum absolute atomic E-state index is 0.0966. The van der Waals surface area contributed by atoms with Crippen LogP contribution in [0.1, 0.15) is 31.2 Å². The van der Waals surface area contributed by atoms with Gasteiger partial charge in [0.15, 0.2) is 11.5 Å². The predicted molar refractivity (Wildman–Crippen MR) is 77.4 cm³/mol. The summed E-state index contributed by atoms with van der Waals surface area (Å²) >= 11 is 0. The minimum atomic E-state index is 0.0966. The summed E-state index contributed by atoms with van der Waals surface area (Å²) in [6.07, 6.45) is 4.47. The molecular formula is C16H23NO3. The Kier molecular flexibility index (Phi) is 3.85. The van der Waals surface area contributed by atoms with Crippen LogP contribution in [0.5, 0.6) is 11.5 Å². The quantitative estimate of drug-likeness (QED) is 0.897. The van der Waals surface area contributed by atoms with Crippen molar-refractivity contribution in [1.29, 1.82) is 0 Å². The van der Waals surface area contributed by atoms with Crippen molar-refractivity contribution in [1.82, 2.24) is 0 Å². The maximum Gasteiger partial charge on any atom is 0.165 e. The van der Waals surface area contributed by atoms with Gasteiger partial charge in [0.2, 0.25) is 0 Å². The van der Waals surface area contributed by atoms with E-state index in [1.807, 2.05) is 12.1 Å². The molecular weight excluding hydrogens is 254 g/mol. The lowest BCUT2D eigenvalue weighted by atomic mass is 9.94. The monoisotopic (exact) mass is 277 g/mol. The lowest BCUT2D eigenvalue weighted by Gasteiger charge is -2.27. The van der Waals surface area contributed by atoms with E-state index >= 15 is 0 Å². The van der Waals surface area contributed by atoms with E-state index in [2.05, 4.69) is 6.07 Å². The molecule has 3 rings (SSSR count). The van der Waals surface area contributed by atoms with Crippen LogP contribution in [0.15, 0.2) is 18.2 Å². The Morgan fingerprint density at radius 1 is 1.40 bits per heavy atom. The normalized spacial score (nSPS) is 24.2. The van der Waals surface area contributed by atoms with Crippen LogP contribution in [0.3, 0.4) is 0 Å². The minimum Gasteiger partial charge on any atom is -0.493 e. The van der Waals surface area contributed by atoms with Gasteiger partial charge >= 0.3 is 0 Å². The van der Waals surface area contributed by atoms with Crippen molar-refractivity contribution in [2.24, 2.45) is 5.73 Å². The summed E-state index contributed by atoms with van der Waals surface area (Å²) in [6, 6.07) is 6.10. The van der Waals surface area contributed by atoms with Gasteiger partial charge in [0.25, 0.3) is 0 Å². The van der Waals surface area contributed by atoms with Gasteiger partial charge in [0.1, 0.15) is 6.10 Å². The number of ether oxygens (including phenoxy) is 3. The van der Waals surface area contributed by atoms with E-state index in [0.717, 1.165) is 43.8 Å². The Bertz CT molecular complexity index is 465. The largest absolute Gasteiger partial charge is 0.493 e. The molecule has 2 aliphatic rings. The molecule has 0 radical (unpaired) electrons. The average molecular weight is 277 g/mol. The highest BCUT2D eigenvalue weighted by Crippen LogP contribution is 2.52. The van der Waals surface area contributed by atoms with Crippen LogP contribution in [-0.2, 0) is 10.2 Å². The fourth-order valence-corrected chi connectivity index (χ4v) is 2.92. The third-order valence-corrected chi connectivity index (χ3v) is 4.42. The van der Waals surface area contributed by atoms with Crippen molar-refractivity contribution in [2.75, 3.05) is 26.9 Å². The lowest BCUT2D eigenvalue weighted by molar-refractivity contribution is 0.00583. The summed E-state index contributed by atoms with van der Waals surface area (Å²) in [4.78, 5) is 0. The molecule has 1 heterocycles. The summed E-state index contributed by atoms with van der Waals surface area (Å²) in [5.74, 6) is 1.67. The molecule has 2 fully saturated rings. The van der Waals surface area contributed by atoms with Gasteiger partial charge in [-0.3, -0.25) is 0 Å². The summed E-state index contributed by atoms with van der Waals surface area (Å²) in [6.45, 7) is 2.16. The van der Waals surface area contributed by atoms with Gasteiger partial charge in [-0.1, -0.05) is 12.1 Å². The second-order valence-corrected chi connectivity index (χ2v) is 5.78. The number of nitrogens with two attached hydrogens (primary N) is 1. The molecule has 0 aromatic heterocycles. The maximum atomic E-state index is 6.23. The van der Waals surface area contributed by atoms with Gasteiger partial charge < -0.3 is 19.9 Å². The molecule has 2 N–H and O–H groups in total. The Hall–Kier alpha value is -1.26. The van der Waals surface area contributed by atoms with Crippen molar-refractivity contribution in [3.8, 4) is 11.5 Å². The Balaban J connectivity index is 1.90. The number of methoxy groups -OCH3 is 1. The van der Waals surface area contributed by atoms with Gasteiger partial charge in [0, 0.05) is 24.1 Å². The molecule has 1 aromatic rings. The van der Waals surface area contributed by atoms with Crippen LogP contribution < -0.4 is 15.2 Å². The van der Waals surface area contributed by atoms with Crippen LogP contribution in [0.2, 0.25) is 0 Å². The van der Waals surface area contributed by atoms with E-state index in [0.29, 0.717) is 13.2 Å². The molecule has 4 nitrogen and oxygen atoms in total. The van der Waals surface area contributed by atoms with E-state index in [-0.39, 0.29) is 11.5 Å². The van der Waals surface area contributed by atoms with Gasteiger partial charge in [-0.05, 0) is 31.7 Å². The van der Waals surface area contributed by atoms with Crippen LogP contribution in [0.4, 0.5) is 0 Å². The fraction of sp³-hybridized carbons (Fsp3) is 0.625. The molecule has 1 saturated carbocycles. The second kappa shape index (κ2) is 5.62. The zero-order valence-corrected chi connectivity index (χ0v) is 12.1. The first-order valence-corrected chi connectivity index (χ1v) is 7.41. The van der Waals surface area contributed by atoms with Crippen molar-refractivity contribution in [3.05, 3.63) is 23.8 Å². The number of benzene rings is 1. The van der Waals surface area contributed by atoms with Crippen LogP contribution in [-0.4, -0.2) is 33.0 Å². The number of hydrogen-bond donors (Lipinski definition) is 1. The van der Waals surface area contributed by atoms with Crippen molar-refractivity contribution in [2.45, 2.75) is 37.2 Å². The maximum absolute atomic E-state index is 6.23. The average Bonchev–Trinajstić information content (AvgIpc) is 3.29. The molecule has 110 valence electrons. The molecule has 1 unspecified atom stereocenters. The zero-order valence-electron chi connectivity index (χ0n) is 12.1. The Labute approximate surface area is 120 Å². The summed E-state index contributed by atoms with van der Waals surface area (Å²) in [7, 11) is 1.69. The fourth-order valence-electron chi connectivity index (χ4n) is 2.92. The lowest BCUT2D eigenvalue weighted by Crippen LogP contribution is -2.29. The molecule has 1 aliphatic carbocycles. The van der Waals surface area contributed by atoms with E-state index in [1.54, 1.807) is 7.11 Å². The standard InChI is InChI=1S/C16H23NO3/c1-18-14-6-2-5-13(16(11-17)7-8-16)15(14)20-12-4-3-9-19-10-12/h2,5-6,12H,3-4,7-11,17H2,1H3. The summed E-state index contributed by atoms with van der Waals surface area (Å²) < 4.78 is 17.2. The van der Waals surface area contributed by atoms with Crippen LogP contribution in [0, 0.1) is 0 Å². The Morgan fingerprint density at radius 3 is 2.85 bits per heavy atom. The summed E-state index contributed by atoms with van der Waals surface area (Å²) in [5, 5.41) is 0. The van der Waals surface area contributed by atoms with Crippen LogP contribution in [0.25, 0.3) is 0 Å². The first-order chi connectivity index (χ1) is 9.79. The van der Waals surface area contributed by atoms with Crippen molar-refractivity contribution < 1.29 is 14.2 Å². The smallest absolute Gasteiger partial charge is 0.165 e. The zero-order chi connectivity index (χ0) is 14.0. The predicted octanol–water partition coefficient (Wildman–Crippen LogP) is 2.24. The van der Waals surface area contributed by atoms with Crippen LogP contribution >= 0.6 is 0 Å². The highest BCUT2D eigenvalue weighted by Gasteiger charge is 2.45. The number of hydrogen-bond acceptors (Lipinski definition) is 4. The van der Waals surface area contributed by atoms with E-state index in [1.165, 1.54) is 5.56 Å². The highest BCUT2D eigenvalue weighted by molar-refractivity contribution is 5.52. The van der Waals surface area contributed by atoms with E-state index in [9.17, 15) is 0 Å². The first-order valence-electron chi connectivity index (χ1n) is 7.41. The molecule has 4 heteroatoms. The molecule has 1 saturated heterocycles. The SMILES string of the molecule is COc1cccc(C2(CN)CC2)c1OC1CCCOC1. The molecule has 1 aliphatic heterocycles. The third kappa shape index (κ3) is 2.50. The molecule has 0 spiro atoms. The topological polar surface area (TPSA) is 53.7 Å². The van der Waals surface area contributed by atoms with Gasteiger partial charge in [-0.2, -0.15) is 0 Å². The van der Waals surface area contributed by atoms with Crippen molar-refractivity contribution in [3.63, 3.8) is 0 Å². The number of para-hydroxylation sites is 1. The van der Waals surface area contributed by atoms with Gasteiger partial charge in [-0.25, -0.2) is 0 Å². The third-order valence-electron chi connectivity index (χ3n) is 4.42. The second-order valence-electron chi connectivity index (χ2n) is 5.78. The molecule has 0 bridgehead atoms. The first kappa shape index (κ1) is 13.7. The Morgan fingerprint density at radius 2 is 2.25 bits per heavy atom. The summed E-state index contributed by atoms with van der Waals surface area (Å²) in [5.41, 5.74) is 7.27. The van der Waals surface area contributed by atoms with Crippen molar-refractivity contribution >= 4 is 0 Å². The number of rotatable bonds is 5. The van der Waals surface area contributed by atoms with Gasteiger partial charge in [0.05, 0.1) is 13.7 Å². The molecule has 20 heavy (non-hydrogen) atoms. The highest BCUT2D eigenvalue weighted by atomic mass is 16.5. The molecule has 1 atom stereocenters. The van der Waals surface area contributed by atoms with Gasteiger partial charge in [-0.15, -0.1) is 0 Å². The van der Waals surface area contributed by atoms with E-state index in [4.69, 9.17) is 19.9 Å². The molecule has 0 amide bonds.